The Kier molecular flexibility index (Phi) is 2.70. The molecule has 0 spiro atoms. The number of phenols is 1. The van der Waals surface area contributed by atoms with Gasteiger partial charge in [-0.05, 0) is 18.2 Å². The lowest BCUT2D eigenvalue weighted by atomic mass is 10.3. The van der Waals surface area contributed by atoms with Crippen molar-refractivity contribution in [1.29, 1.82) is 5.26 Å². The third-order valence-electron chi connectivity index (χ3n) is 1.94. The van der Waals surface area contributed by atoms with Crippen LogP contribution < -0.4 is 4.74 Å². The molecule has 0 amide bonds. The van der Waals surface area contributed by atoms with Crippen molar-refractivity contribution in [3.8, 4) is 23.3 Å². The van der Waals surface area contributed by atoms with Crippen molar-refractivity contribution in [3.05, 3.63) is 48.3 Å². The van der Waals surface area contributed by atoms with Gasteiger partial charge in [0.05, 0.1) is 0 Å². The number of phenolic OH excluding ortho intramolecular Hbond substituents is 1. The first-order valence-electron chi connectivity index (χ1n) is 4.61. The van der Waals surface area contributed by atoms with Crippen LogP contribution >= 0.6 is 0 Å². The largest absolute Gasteiger partial charge is 0.504 e. The van der Waals surface area contributed by atoms with Crippen LogP contribution in [-0.4, -0.2) is 10.1 Å². The summed E-state index contributed by atoms with van der Waals surface area (Å²) in [5.41, 5.74) is 0.271. The minimum Gasteiger partial charge on any atom is -0.504 e. The highest BCUT2D eigenvalue weighted by Gasteiger charge is 2.03. The van der Waals surface area contributed by atoms with Gasteiger partial charge in [0.15, 0.2) is 11.5 Å². The lowest BCUT2D eigenvalue weighted by molar-refractivity contribution is 0.411. The average Bonchev–Trinajstić information content (AvgIpc) is 2.32. The molecule has 1 heterocycles. The molecule has 0 bridgehead atoms. The highest BCUT2D eigenvalue weighted by Crippen LogP contribution is 2.29. The van der Waals surface area contributed by atoms with Crippen LogP contribution in [0.3, 0.4) is 0 Å². The SMILES string of the molecule is N#Cc1cc(Oc2ccccc2O)ccn1. The van der Waals surface area contributed by atoms with E-state index in [9.17, 15) is 5.11 Å². The van der Waals surface area contributed by atoms with Gasteiger partial charge < -0.3 is 9.84 Å². The summed E-state index contributed by atoms with van der Waals surface area (Å²) in [6.07, 6.45) is 1.48. The molecule has 0 aliphatic rings. The summed E-state index contributed by atoms with van der Waals surface area (Å²) in [6.45, 7) is 0. The zero-order valence-electron chi connectivity index (χ0n) is 8.29. The zero-order chi connectivity index (χ0) is 11.4. The van der Waals surface area contributed by atoms with Crippen molar-refractivity contribution in [2.75, 3.05) is 0 Å². The number of hydrogen-bond donors (Lipinski definition) is 1. The first kappa shape index (κ1) is 9.99. The van der Waals surface area contributed by atoms with Gasteiger partial charge in [-0.25, -0.2) is 4.98 Å². The first-order valence-corrected chi connectivity index (χ1v) is 4.61. The van der Waals surface area contributed by atoms with Crippen LogP contribution in [0, 0.1) is 11.3 Å². The maximum atomic E-state index is 9.49. The third kappa shape index (κ3) is 2.10. The highest BCUT2D eigenvalue weighted by atomic mass is 16.5. The van der Waals surface area contributed by atoms with Crippen molar-refractivity contribution in [2.45, 2.75) is 0 Å². The number of hydrogen-bond acceptors (Lipinski definition) is 4. The first-order chi connectivity index (χ1) is 7.79. The zero-order valence-corrected chi connectivity index (χ0v) is 8.29. The summed E-state index contributed by atoms with van der Waals surface area (Å²) in [7, 11) is 0. The van der Waals surface area contributed by atoms with Gasteiger partial charge in [-0.1, -0.05) is 12.1 Å². The van der Waals surface area contributed by atoms with Gasteiger partial charge in [0.1, 0.15) is 17.5 Å². The maximum absolute atomic E-state index is 9.49. The fraction of sp³-hybridized carbons (Fsp3) is 0. The standard InChI is InChI=1S/C12H8N2O2/c13-8-9-7-10(5-6-14-9)16-12-4-2-1-3-11(12)15/h1-7,15H. The van der Waals surface area contributed by atoms with Gasteiger partial charge in [-0.2, -0.15) is 5.26 Å². The van der Waals surface area contributed by atoms with Gasteiger partial charge in [0.2, 0.25) is 0 Å². The van der Waals surface area contributed by atoms with Crippen molar-refractivity contribution in [1.82, 2.24) is 4.98 Å². The monoisotopic (exact) mass is 212 g/mol. The van der Waals surface area contributed by atoms with Crippen LogP contribution in [-0.2, 0) is 0 Å². The van der Waals surface area contributed by atoms with Crippen LogP contribution in [0.25, 0.3) is 0 Å². The van der Waals surface area contributed by atoms with Crippen LogP contribution in [0.4, 0.5) is 0 Å². The minimum absolute atomic E-state index is 0.0535. The van der Waals surface area contributed by atoms with E-state index in [1.807, 2.05) is 6.07 Å². The van der Waals surface area contributed by atoms with E-state index < -0.39 is 0 Å². The molecule has 0 unspecified atom stereocenters. The van der Waals surface area contributed by atoms with E-state index in [4.69, 9.17) is 10.00 Å². The third-order valence-corrected chi connectivity index (χ3v) is 1.94. The molecular formula is C12H8N2O2. The fourth-order valence-corrected chi connectivity index (χ4v) is 1.21. The lowest BCUT2D eigenvalue weighted by Crippen LogP contribution is -1.87. The molecule has 78 valence electrons. The van der Waals surface area contributed by atoms with Crippen molar-refractivity contribution >= 4 is 0 Å². The van der Waals surface area contributed by atoms with Gasteiger partial charge in [-0.3, -0.25) is 0 Å². The molecule has 0 aliphatic heterocycles. The number of pyridine rings is 1. The Balaban J connectivity index is 2.28. The van der Waals surface area contributed by atoms with Crippen molar-refractivity contribution in [2.24, 2.45) is 0 Å². The van der Waals surface area contributed by atoms with Gasteiger partial charge in [0, 0.05) is 12.3 Å². The molecule has 0 atom stereocenters. The molecule has 0 saturated heterocycles. The Morgan fingerprint density at radius 2 is 2.06 bits per heavy atom. The molecule has 4 nitrogen and oxygen atoms in total. The summed E-state index contributed by atoms with van der Waals surface area (Å²) in [4.78, 5) is 3.82. The van der Waals surface area contributed by atoms with Crippen LogP contribution in [0.2, 0.25) is 0 Å². The predicted octanol–water partition coefficient (Wildman–Crippen LogP) is 2.45. The van der Waals surface area contributed by atoms with E-state index in [0.29, 0.717) is 11.5 Å². The topological polar surface area (TPSA) is 66.1 Å². The lowest BCUT2D eigenvalue weighted by Gasteiger charge is -2.06. The number of aromatic hydroxyl groups is 1. The summed E-state index contributed by atoms with van der Waals surface area (Å²) in [5.74, 6) is 0.864. The molecular weight excluding hydrogens is 204 g/mol. The van der Waals surface area contributed by atoms with Crippen LogP contribution in [0.1, 0.15) is 5.69 Å². The van der Waals surface area contributed by atoms with Crippen LogP contribution in [0.5, 0.6) is 17.2 Å². The number of benzene rings is 1. The van der Waals surface area contributed by atoms with Crippen molar-refractivity contribution < 1.29 is 9.84 Å². The second kappa shape index (κ2) is 4.32. The molecule has 2 rings (SSSR count). The van der Waals surface area contributed by atoms with E-state index in [2.05, 4.69) is 4.98 Å². The van der Waals surface area contributed by atoms with Crippen LogP contribution in [0.15, 0.2) is 42.6 Å². The number of nitrogens with zero attached hydrogens (tertiary/aromatic N) is 2. The van der Waals surface area contributed by atoms with E-state index in [-0.39, 0.29) is 11.4 Å². The average molecular weight is 212 g/mol. The summed E-state index contributed by atoms with van der Waals surface area (Å²) in [5, 5.41) is 18.2. The van der Waals surface area contributed by atoms with E-state index in [1.165, 1.54) is 18.3 Å². The number of rotatable bonds is 2. The van der Waals surface area contributed by atoms with E-state index in [0.717, 1.165) is 0 Å². The van der Waals surface area contributed by atoms with Gasteiger partial charge in [-0.15, -0.1) is 0 Å². The number of aromatic nitrogens is 1. The fourth-order valence-electron chi connectivity index (χ4n) is 1.21. The summed E-state index contributed by atoms with van der Waals surface area (Å²) < 4.78 is 5.41. The number of para-hydroxylation sites is 2. The quantitative estimate of drug-likeness (QED) is 0.830. The molecule has 2 aromatic rings. The number of nitriles is 1. The minimum atomic E-state index is 0.0535. The smallest absolute Gasteiger partial charge is 0.169 e. The Morgan fingerprint density at radius 1 is 1.25 bits per heavy atom. The Morgan fingerprint density at radius 3 is 2.81 bits per heavy atom. The molecule has 16 heavy (non-hydrogen) atoms. The maximum Gasteiger partial charge on any atom is 0.169 e. The Labute approximate surface area is 92.4 Å². The molecule has 1 N–H and O–H groups in total. The second-order valence-electron chi connectivity index (χ2n) is 3.06. The van der Waals surface area contributed by atoms with Gasteiger partial charge in [0.25, 0.3) is 0 Å². The number of ether oxygens (including phenoxy) is 1. The summed E-state index contributed by atoms with van der Waals surface area (Å²) >= 11 is 0. The molecule has 1 aromatic carbocycles. The Hall–Kier alpha value is -2.54. The normalized spacial score (nSPS) is 9.44. The summed E-state index contributed by atoms with van der Waals surface area (Å²) in [6, 6.07) is 11.7. The van der Waals surface area contributed by atoms with E-state index >= 15 is 0 Å². The Bertz CT molecular complexity index is 547. The van der Waals surface area contributed by atoms with E-state index in [1.54, 1.807) is 24.3 Å². The molecule has 1 aromatic heterocycles. The molecule has 0 fully saturated rings. The van der Waals surface area contributed by atoms with Gasteiger partial charge >= 0.3 is 0 Å². The molecule has 4 heteroatoms. The molecule has 0 radical (unpaired) electrons. The second-order valence-corrected chi connectivity index (χ2v) is 3.06. The molecule has 0 aliphatic carbocycles. The molecule has 0 saturated carbocycles. The highest BCUT2D eigenvalue weighted by molar-refractivity contribution is 5.42. The van der Waals surface area contributed by atoms with Crippen molar-refractivity contribution in [3.63, 3.8) is 0 Å². The predicted molar refractivity (Wildman–Crippen MR) is 57.1 cm³/mol.